The summed E-state index contributed by atoms with van der Waals surface area (Å²) in [5.41, 5.74) is 3.62. The van der Waals surface area contributed by atoms with Crippen molar-refractivity contribution in [3.63, 3.8) is 0 Å². The van der Waals surface area contributed by atoms with Crippen LogP contribution in [0.3, 0.4) is 0 Å². The summed E-state index contributed by atoms with van der Waals surface area (Å²) in [6.45, 7) is 3.73. The standard InChI is InChI=1S/C25H25N3OS/c29-23-10-4-1-8-20(23)18-26-28-15-13-27(14-16-28)22-17-19-7-2-5-11-24(19)30-25-12-6-3-9-21(22)25/h1-12,18,22,29H,13-17H2/b26-18-/t22-/m1/s1. The molecule has 3 aromatic rings. The number of aromatic hydroxyl groups is 1. The molecule has 0 saturated carbocycles. The van der Waals surface area contributed by atoms with Gasteiger partial charge in [0, 0.05) is 47.6 Å². The maximum atomic E-state index is 9.93. The van der Waals surface area contributed by atoms with Crippen LogP contribution in [0.25, 0.3) is 0 Å². The van der Waals surface area contributed by atoms with Crippen LogP contribution in [0.15, 0.2) is 87.7 Å². The Morgan fingerprint density at radius 3 is 2.37 bits per heavy atom. The molecule has 0 aromatic heterocycles. The predicted octanol–water partition coefficient (Wildman–Crippen LogP) is 4.79. The van der Waals surface area contributed by atoms with Crippen LogP contribution in [-0.4, -0.2) is 47.4 Å². The Labute approximate surface area is 181 Å². The summed E-state index contributed by atoms with van der Waals surface area (Å²) in [6.07, 6.45) is 2.81. The Hall–Kier alpha value is -2.76. The minimum atomic E-state index is 0.270. The van der Waals surface area contributed by atoms with E-state index in [0.717, 1.165) is 38.2 Å². The highest BCUT2D eigenvalue weighted by molar-refractivity contribution is 7.99. The first-order chi connectivity index (χ1) is 14.8. The van der Waals surface area contributed by atoms with E-state index in [1.807, 2.05) is 30.0 Å². The smallest absolute Gasteiger partial charge is 0.124 e. The number of fused-ring (bicyclic) bond motifs is 2. The number of benzene rings is 3. The van der Waals surface area contributed by atoms with E-state index in [-0.39, 0.29) is 5.75 Å². The van der Waals surface area contributed by atoms with Crippen molar-refractivity contribution in [2.45, 2.75) is 22.3 Å². The molecule has 0 unspecified atom stereocenters. The Kier molecular flexibility index (Phi) is 5.47. The normalized spacial score (nSPS) is 19.3. The second kappa shape index (κ2) is 8.54. The maximum Gasteiger partial charge on any atom is 0.124 e. The van der Waals surface area contributed by atoms with E-state index in [0.29, 0.717) is 6.04 Å². The Bertz CT molecular complexity index is 1060. The summed E-state index contributed by atoms with van der Waals surface area (Å²) in [5, 5.41) is 16.6. The highest BCUT2D eigenvalue weighted by Crippen LogP contribution is 2.42. The molecule has 5 rings (SSSR count). The fourth-order valence-corrected chi connectivity index (χ4v) is 5.40. The van der Waals surface area contributed by atoms with Crippen molar-refractivity contribution in [2.75, 3.05) is 26.2 Å². The van der Waals surface area contributed by atoms with E-state index >= 15 is 0 Å². The molecule has 0 radical (unpaired) electrons. The van der Waals surface area contributed by atoms with Crippen molar-refractivity contribution >= 4 is 18.0 Å². The third-order valence-corrected chi connectivity index (χ3v) is 7.12. The second-order valence-corrected chi connectivity index (χ2v) is 8.84. The van der Waals surface area contributed by atoms with Crippen molar-refractivity contribution in [1.29, 1.82) is 0 Å². The molecule has 5 heteroatoms. The minimum Gasteiger partial charge on any atom is -0.507 e. The number of hydrazone groups is 1. The van der Waals surface area contributed by atoms with Gasteiger partial charge in [0.25, 0.3) is 0 Å². The number of nitrogens with zero attached hydrogens (tertiary/aromatic N) is 3. The van der Waals surface area contributed by atoms with Crippen LogP contribution in [0, 0.1) is 0 Å². The molecule has 2 aliphatic heterocycles. The highest BCUT2D eigenvalue weighted by atomic mass is 32.2. The molecule has 152 valence electrons. The molecule has 1 fully saturated rings. The first-order valence-electron chi connectivity index (χ1n) is 10.4. The molecule has 1 N–H and O–H groups in total. The number of phenols is 1. The fraction of sp³-hybridized carbons (Fsp3) is 0.240. The zero-order valence-corrected chi connectivity index (χ0v) is 17.6. The molecule has 30 heavy (non-hydrogen) atoms. The van der Waals surface area contributed by atoms with Crippen molar-refractivity contribution in [1.82, 2.24) is 9.91 Å². The lowest BCUT2D eigenvalue weighted by Crippen LogP contribution is -2.46. The minimum absolute atomic E-state index is 0.270. The van der Waals surface area contributed by atoms with Gasteiger partial charge < -0.3 is 5.11 Å². The lowest BCUT2D eigenvalue weighted by atomic mass is 9.97. The molecule has 3 aromatic carbocycles. The molecule has 0 spiro atoms. The zero-order valence-electron chi connectivity index (χ0n) is 16.8. The van der Waals surface area contributed by atoms with E-state index < -0.39 is 0 Å². The van der Waals surface area contributed by atoms with Gasteiger partial charge in [0.1, 0.15) is 5.75 Å². The van der Waals surface area contributed by atoms with Gasteiger partial charge in [-0.1, -0.05) is 60.3 Å². The Balaban J connectivity index is 1.32. The Morgan fingerprint density at radius 2 is 1.53 bits per heavy atom. The van der Waals surface area contributed by atoms with Gasteiger partial charge in [-0.2, -0.15) is 5.10 Å². The lowest BCUT2D eigenvalue weighted by molar-refractivity contribution is 0.0970. The number of hydrogen-bond acceptors (Lipinski definition) is 5. The number of rotatable bonds is 3. The average Bonchev–Trinajstić information content (AvgIpc) is 2.96. The monoisotopic (exact) mass is 415 g/mol. The first-order valence-corrected chi connectivity index (χ1v) is 11.3. The van der Waals surface area contributed by atoms with Gasteiger partial charge >= 0.3 is 0 Å². The van der Waals surface area contributed by atoms with Gasteiger partial charge in [-0.25, -0.2) is 0 Å². The second-order valence-electron chi connectivity index (χ2n) is 7.76. The molecule has 1 saturated heterocycles. The van der Waals surface area contributed by atoms with Gasteiger partial charge in [-0.3, -0.25) is 9.91 Å². The molecular formula is C25H25N3OS. The number of hydrogen-bond donors (Lipinski definition) is 1. The van der Waals surface area contributed by atoms with Crippen molar-refractivity contribution in [3.05, 3.63) is 89.5 Å². The SMILES string of the molecule is Oc1ccccc1/C=N\N1CCN([C@@H]2Cc3ccccc3Sc3ccccc32)CC1. The zero-order chi connectivity index (χ0) is 20.3. The van der Waals surface area contributed by atoms with E-state index in [4.69, 9.17) is 0 Å². The highest BCUT2D eigenvalue weighted by Gasteiger charge is 2.29. The molecular weight excluding hydrogens is 390 g/mol. The van der Waals surface area contributed by atoms with E-state index in [9.17, 15) is 5.11 Å². The molecule has 0 bridgehead atoms. The van der Waals surface area contributed by atoms with Crippen LogP contribution < -0.4 is 0 Å². The number of para-hydroxylation sites is 1. The first kappa shape index (κ1) is 19.2. The number of phenolic OH excluding ortho intramolecular Hbond substituents is 1. The molecule has 0 aliphatic carbocycles. The van der Waals surface area contributed by atoms with Gasteiger partial charge in [-0.15, -0.1) is 0 Å². The molecule has 0 amide bonds. The lowest BCUT2D eigenvalue weighted by Gasteiger charge is -2.38. The largest absolute Gasteiger partial charge is 0.507 e. The van der Waals surface area contributed by atoms with E-state index in [1.165, 1.54) is 20.9 Å². The quantitative estimate of drug-likeness (QED) is 0.624. The van der Waals surface area contributed by atoms with Crippen LogP contribution in [-0.2, 0) is 6.42 Å². The van der Waals surface area contributed by atoms with Crippen molar-refractivity contribution < 1.29 is 5.11 Å². The van der Waals surface area contributed by atoms with Crippen molar-refractivity contribution in [3.8, 4) is 5.75 Å². The van der Waals surface area contributed by atoms with Crippen molar-refractivity contribution in [2.24, 2.45) is 5.10 Å². The van der Waals surface area contributed by atoms with Gasteiger partial charge in [0.2, 0.25) is 0 Å². The maximum absolute atomic E-state index is 9.93. The molecule has 2 aliphatic rings. The van der Waals surface area contributed by atoms with Crippen LogP contribution in [0.1, 0.15) is 22.7 Å². The van der Waals surface area contributed by atoms with Crippen LogP contribution in [0.4, 0.5) is 0 Å². The summed E-state index contributed by atoms with van der Waals surface area (Å²) in [7, 11) is 0. The topological polar surface area (TPSA) is 39.1 Å². The third-order valence-electron chi connectivity index (χ3n) is 5.91. The molecule has 1 atom stereocenters. The van der Waals surface area contributed by atoms with E-state index in [2.05, 4.69) is 63.5 Å². The number of piperazine rings is 1. The molecule has 4 nitrogen and oxygen atoms in total. The van der Waals surface area contributed by atoms with Gasteiger partial charge in [-0.05, 0) is 41.8 Å². The predicted molar refractivity (Wildman–Crippen MR) is 122 cm³/mol. The van der Waals surface area contributed by atoms with Crippen LogP contribution >= 0.6 is 11.8 Å². The van der Waals surface area contributed by atoms with Gasteiger partial charge in [0.05, 0.1) is 6.21 Å². The van der Waals surface area contributed by atoms with Gasteiger partial charge in [0.15, 0.2) is 0 Å². The summed E-state index contributed by atoms with van der Waals surface area (Å²) < 4.78 is 0. The van der Waals surface area contributed by atoms with E-state index in [1.54, 1.807) is 12.3 Å². The average molecular weight is 416 g/mol. The summed E-state index contributed by atoms with van der Waals surface area (Å²) in [5.74, 6) is 0.270. The van der Waals surface area contributed by atoms with Crippen LogP contribution in [0.2, 0.25) is 0 Å². The molecule has 2 heterocycles. The fourth-order valence-electron chi connectivity index (χ4n) is 4.26. The Morgan fingerprint density at radius 1 is 0.833 bits per heavy atom. The summed E-state index contributed by atoms with van der Waals surface area (Å²) >= 11 is 1.89. The third kappa shape index (κ3) is 3.95. The summed E-state index contributed by atoms with van der Waals surface area (Å²) in [4.78, 5) is 5.35. The summed E-state index contributed by atoms with van der Waals surface area (Å²) in [6, 6.07) is 25.4. The van der Waals surface area contributed by atoms with Crippen LogP contribution in [0.5, 0.6) is 5.75 Å².